The SMILES string of the molecule is Cc1ccc(C(=O)NCc2ccc(C#N)cc2)c(Cl)c1. The fraction of sp³-hybridized carbons (Fsp3) is 0.125. The van der Waals surface area contributed by atoms with Crippen molar-refractivity contribution >= 4 is 17.5 Å². The van der Waals surface area contributed by atoms with Gasteiger partial charge in [-0.25, -0.2) is 0 Å². The topological polar surface area (TPSA) is 52.9 Å². The molecule has 0 spiro atoms. The summed E-state index contributed by atoms with van der Waals surface area (Å²) in [6, 6.07) is 14.5. The van der Waals surface area contributed by atoms with Crippen molar-refractivity contribution in [3.63, 3.8) is 0 Å². The van der Waals surface area contributed by atoms with Gasteiger partial charge in [-0.2, -0.15) is 5.26 Å². The van der Waals surface area contributed by atoms with Gasteiger partial charge in [0, 0.05) is 6.54 Å². The van der Waals surface area contributed by atoms with Gasteiger partial charge >= 0.3 is 0 Å². The molecule has 0 saturated heterocycles. The predicted octanol–water partition coefficient (Wildman–Crippen LogP) is 3.45. The summed E-state index contributed by atoms with van der Waals surface area (Å²) in [5, 5.41) is 12.0. The van der Waals surface area contributed by atoms with Gasteiger partial charge in [-0.3, -0.25) is 4.79 Å². The van der Waals surface area contributed by atoms with E-state index in [2.05, 4.69) is 11.4 Å². The van der Waals surface area contributed by atoms with Crippen LogP contribution >= 0.6 is 11.6 Å². The van der Waals surface area contributed by atoms with Crippen LogP contribution in [0.25, 0.3) is 0 Å². The van der Waals surface area contributed by atoms with Crippen LogP contribution in [0.15, 0.2) is 42.5 Å². The number of nitrogens with one attached hydrogen (secondary N) is 1. The van der Waals surface area contributed by atoms with Crippen molar-refractivity contribution in [1.82, 2.24) is 5.32 Å². The molecule has 0 aromatic heterocycles. The molecule has 0 aliphatic heterocycles. The van der Waals surface area contributed by atoms with Crippen LogP contribution in [-0.2, 0) is 6.54 Å². The number of halogens is 1. The molecule has 2 aromatic carbocycles. The van der Waals surface area contributed by atoms with Crippen LogP contribution in [0.4, 0.5) is 0 Å². The number of amides is 1. The standard InChI is InChI=1S/C16H13ClN2O/c1-11-2-7-14(15(17)8-11)16(20)19-10-13-5-3-12(9-18)4-6-13/h2-8H,10H2,1H3,(H,19,20). The zero-order valence-corrected chi connectivity index (χ0v) is 11.7. The zero-order valence-electron chi connectivity index (χ0n) is 11.0. The Morgan fingerprint density at radius 3 is 2.55 bits per heavy atom. The maximum atomic E-state index is 12.0. The molecule has 4 heteroatoms. The van der Waals surface area contributed by atoms with Gasteiger partial charge in [0.05, 0.1) is 22.2 Å². The van der Waals surface area contributed by atoms with E-state index >= 15 is 0 Å². The van der Waals surface area contributed by atoms with Gasteiger partial charge < -0.3 is 5.32 Å². The Morgan fingerprint density at radius 1 is 1.25 bits per heavy atom. The summed E-state index contributed by atoms with van der Waals surface area (Å²) in [7, 11) is 0. The van der Waals surface area contributed by atoms with Crippen LogP contribution in [0, 0.1) is 18.3 Å². The van der Waals surface area contributed by atoms with Crippen molar-refractivity contribution in [3.8, 4) is 6.07 Å². The third-order valence-electron chi connectivity index (χ3n) is 2.91. The van der Waals surface area contributed by atoms with E-state index in [0.717, 1.165) is 11.1 Å². The highest BCUT2D eigenvalue weighted by molar-refractivity contribution is 6.33. The number of benzene rings is 2. The van der Waals surface area contributed by atoms with Crippen LogP contribution in [-0.4, -0.2) is 5.91 Å². The second-order valence-electron chi connectivity index (χ2n) is 4.47. The highest BCUT2D eigenvalue weighted by Crippen LogP contribution is 2.17. The largest absolute Gasteiger partial charge is 0.348 e. The Labute approximate surface area is 122 Å². The number of hydrogen-bond donors (Lipinski definition) is 1. The van der Waals surface area contributed by atoms with E-state index in [1.165, 1.54) is 0 Å². The van der Waals surface area contributed by atoms with Crippen LogP contribution in [0.1, 0.15) is 27.0 Å². The minimum Gasteiger partial charge on any atom is -0.348 e. The van der Waals surface area contributed by atoms with Gasteiger partial charge in [-0.1, -0.05) is 29.8 Å². The van der Waals surface area contributed by atoms with E-state index in [4.69, 9.17) is 16.9 Å². The van der Waals surface area contributed by atoms with Crippen molar-refractivity contribution < 1.29 is 4.79 Å². The van der Waals surface area contributed by atoms with E-state index < -0.39 is 0 Å². The van der Waals surface area contributed by atoms with Gasteiger partial charge in [0.15, 0.2) is 0 Å². The molecule has 3 nitrogen and oxygen atoms in total. The molecule has 2 rings (SSSR count). The number of carbonyl (C=O) groups excluding carboxylic acids is 1. The second-order valence-corrected chi connectivity index (χ2v) is 4.88. The van der Waals surface area contributed by atoms with Crippen molar-refractivity contribution in [3.05, 3.63) is 69.7 Å². The number of nitrogens with zero attached hydrogens (tertiary/aromatic N) is 1. The summed E-state index contributed by atoms with van der Waals surface area (Å²) in [4.78, 5) is 12.0. The minimum absolute atomic E-state index is 0.209. The van der Waals surface area contributed by atoms with Crippen LogP contribution in [0.2, 0.25) is 5.02 Å². The van der Waals surface area contributed by atoms with Gasteiger partial charge in [0.2, 0.25) is 0 Å². The number of rotatable bonds is 3. The third-order valence-corrected chi connectivity index (χ3v) is 3.22. The Bertz CT molecular complexity index is 672. The number of nitriles is 1. The molecule has 0 unspecified atom stereocenters. The lowest BCUT2D eigenvalue weighted by Crippen LogP contribution is -2.23. The predicted molar refractivity (Wildman–Crippen MR) is 78.5 cm³/mol. The molecule has 0 fully saturated rings. The minimum atomic E-state index is -0.209. The summed E-state index contributed by atoms with van der Waals surface area (Å²) in [5.41, 5.74) is 3.01. The van der Waals surface area contributed by atoms with Crippen molar-refractivity contribution in [1.29, 1.82) is 5.26 Å². The highest BCUT2D eigenvalue weighted by atomic mass is 35.5. The molecular formula is C16H13ClN2O. The number of aryl methyl sites for hydroxylation is 1. The molecule has 0 radical (unpaired) electrons. The Balaban J connectivity index is 2.03. The van der Waals surface area contributed by atoms with E-state index in [9.17, 15) is 4.79 Å². The quantitative estimate of drug-likeness (QED) is 0.938. The zero-order chi connectivity index (χ0) is 14.5. The summed E-state index contributed by atoms with van der Waals surface area (Å²) >= 11 is 6.05. The fourth-order valence-electron chi connectivity index (χ4n) is 1.78. The van der Waals surface area contributed by atoms with E-state index in [1.807, 2.05) is 25.1 Å². The highest BCUT2D eigenvalue weighted by Gasteiger charge is 2.09. The monoisotopic (exact) mass is 284 g/mol. The molecule has 0 heterocycles. The smallest absolute Gasteiger partial charge is 0.253 e. The number of carbonyl (C=O) groups is 1. The van der Waals surface area contributed by atoms with Crippen molar-refractivity contribution in [2.75, 3.05) is 0 Å². The average molecular weight is 285 g/mol. The molecule has 1 amide bonds. The number of hydrogen-bond acceptors (Lipinski definition) is 2. The van der Waals surface area contributed by atoms with Crippen molar-refractivity contribution in [2.24, 2.45) is 0 Å². The third kappa shape index (κ3) is 3.37. The Kier molecular flexibility index (Phi) is 4.39. The van der Waals surface area contributed by atoms with Gasteiger partial charge in [-0.15, -0.1) is 0 Å². The molecule has 0 bridgehead atoms. The van der Waals surface area contributed by atoms with E-state index in [-0.39, 0.29) is 5.91 Å². The molecule has 0 aliphatic carbocycles. The van der Waals surface area contributed by atoms with E-state index in [0.29, 0.717) is 22.7 Å². The Hall–Kier alpha value is -2.31. The lowest BCUT2D eigenvalue weighted by atomic mass is 10.1. The molecule has 0 aliphatic rings. The van der Waals surface area contributed by atoms with E-state index in [1.54, 1.807) is 24.3 Å². The molecule has 0 atom stereocenters. The summed E-state index contributed by atoms with van der Waals surface area (Å²) in [6.45, 7) is 2.32. The molecular weight excluding hydrogens is 272 g/mol. The molecule has 1 N–H and O–H groups in total. The molecule has 2 aromatic rings. The molecule has 20 heavy (non-hydrogen) atoms. The summed E-state index contributed by atoms with van der Waals surface area (Å²) < 4.78 is 0. The molecule has 100 valence electrons. The normalized spacial score (nSPS) is 9.85. The fourth-order valence-corrected chi connectivity index (χ4v) is 2.10. The first-order valence-electron chi connectivity index (χ1n) is 6.13. The Morgan fingerprint density at radius 2 is 1.95 bits per heavy atom. The summed E-state index contributed by atoms with van der Waals surface area (Å²) in [5.74, 6) is -0.209. The summed E-state index contributed by atoms with van der Waals surface area (Å²) in [6.07, 6.45) is 0. The first kappa shape index (κ1) is 14.1. The van der Waals surface area contributed by atoms with Crippen LogP contribution in [0.3, 0.4) is 0 Å². The average Bonchev–Trinajstić information content (AvgIpc) is 2.45. The second kappa shape index (κ2) is 6.23. The van der Waals surface area contributed by atoms with Crippen LogP contribution in [0.5, 0.6) is 0 Å². The lowest BCUT2D eigenvalue weighted by molar-refractivity contribution is 0.0951. The molecule has 0 saturated carbocycles. The van der Waals surface area contributed by atoms with Gasteiger partial charge in [0.1, 0.15) is 0 Å². The lowest BCUT2D eigenvalue weighted by Gasteiger charge is -2.07. The van der Waals surface area contributed by atoms with Gasteiger partial charge in [0.25, 0.3) is 5.91 Å². The first-order chi connectivity index (χ1) is 9.60. The van der Waals surface area contributed by atoms with Crippen LogP contribution < -0.4 is 5.32 Å². The maximum Gasteiger partial charge on any atom is 0.253 e. The maximum absolute atomic E-state index is 12.0. The first-order valence-corrected chi connectivity index (χ1v) is 6.51. The van der Waals surface area contributed by atoms with Gasteiger partial charge in [-0.05, 0) is 42.3 Å². The van der Waals surface area contributed by atoms with Crippen molar-refractivity contribution in [2.45, 2.75) is 13.5 Å².